The maximum Gasteiger partial charge on any atom is 0.228 e. The Labute approximate surface area is 141 Å². The number of carbonyl (C=O) groups excluding carboxylic acids is 1. The van der Waals surface area contributed by atoms with Crippen LogP contribution in [0.3, 0.4) is 0 Å². The van der Waals surface area contributed by atoms with Gasteiger partial charge in [0.25, 0.3) is 0 Å². The molecule has 21 heavy (non-hydrogen) atoms. The Morgan fingerprint density at radius 1 is 1.38 bits per heavy atom. The van der Waals surface area contributed by atoms with Crippen LogP contribution in [0.1, 0.15) is 39.2 Å². The van der Waals surface area contributed by atoms with Crippen LogP contribution < -0.4 is 11.1 Å². The maximum atomic E-state index is 12.7. The predicted octanol–water partition coefficient (Wildman–Crippen LogP) is 3.94. The molecular formula is C17H25IN2O. The monoisotopic (exact) mass is 400 g/mol. The van der Waals surface area contributed by atoms with Crippen LogP contribution in [0, 0.1) is 27.7 Å². The SMILES string of the molecule is Cc1ccc(NC(=O)C2CCC(N)C(C)C2(C)C)cc1I. The molecule has 0 saturated heterocycles. The van der Waals surface area contributed by atoms with Crippen molar-refractivity contribution in [2.24, 2.45) is 23.0 Å². The molecule has 116 valence electrons. The molecule has 0 bridgehead atoms. The number of halogens is 1. The van der Waals surface area contributed by atoms with E-state index in [0.717, 1.165) is 18.5 Å². The van der Waals surface area contributed by atoms with Gasteiger partial charge in [-0.25, -0.2) is 0 Å². The van der Waals surface area contributed by atoms with Crippen LogP contribution in [0.5, 0.6) is 0 Å². The minimum Gasteiger partial charge on any atom is -0.327 e. The number of nitrogens with two attached hydrogens (primary N) is 1. The lowest BCUT2D eigenvalue weighted by Gasteiger charge is -2.46. The first-order chi connectivity index (χ1) is 9.73. The van der Waals surface area contributed by atoms with Gasteiger partial charge in [0.05, 0.1) is 0 Å². The summed E-state index contributed by atoms with van der Waals surface area (Å²) in [5, 5.41) is 3.09. The van der Waals surface area contributed by atoms with Crippen molar-refractivity contribution in [2.75, 3.05) is 5.32 Å². The Hall–Kier alpha value is -0.620. The second kappa shape index (κ2) is 6.24. The average molecular weight is 400 g/mol. The van der Waals surface area contributed by atoms with Crippen LogP contribution in [-0.2, 0) is 4.79 Å². The molecule has 3 unspecified atom stereocenters. The number of benzene rings is 1. The van der Waals surface area contributed by atoms with E-state index in [-0.39, 0.29) is 23.3 Å². The van der Waals surface area contributed by atoms with Gasteiger partial charge in [-0.05, 0) is 71.4 Å². The Kier molecular flexibility index (Phi) is 4.98. The molecule has 1 aromatic rings. The molecule has 1 aliphatic carbocycles. The lowest BCUT2D eigenvalue weighted by Crippen LogP contribution is -2.50. The molecule has 2 rings (SSSR count). The van der Waals surface area contributed by atoms with Crippen molar-refractivity contribution < 1.29 is 4.79 Å². The van der Waals surface area contributed by atoms with Gasteiger partial charge in [0, 0.05) is 21.2 Å². The van der Waals surface area contributed by atoms with Crippen molar-refractivity contribution in [1.29, 1.82) is 0 Å². The van der Waals surface area contributed by atoms with Crippen molar-refractivity contribution in [3.63, 3.8) is 0 Å². The molecule has 1 aromatic carbocycles. The Morgan fingerprint density at radius 3 is 2.67 bits per heavy atom. The summed E-state index contributed by atoms with van der Waals surface area (Å²) in [5.41, 5.74) is 8.21. The van der Waals surface area contributed by atoms with E-state index in [4.69, 9.17) is 5.73 Å². The quantitative estimate of drug-likeness (QED) is 0.739. The molecule has 3 nitrogen and oxygen atoms in total. The number of carbonyl (C=O) groups is 1. The summed E-state index contributed by atoms with van der Waals surface area (Å²) in [5.74, 6) is 0.491. The summed E-state index contributed by atoms with van der Waals surface area (Å²) in [4.78, 5) is 12.7. The van der Waals surface area contributed by atoms with Crippen LogP contribution in [0.4, 0.5) is 5.69 Å². The molecule has 1 saturated carbocycles. The standard InChI is InChI=1S/C17H25IN2O/c1-10-5-6-12(9-14(10)18)20-16(21)13-7-8-15(19)11(2)17(13,3)4/h5-6,9,11,13,15H,7-8,19H2,1-4H3,(H,20,21). The lowest BCUT2D eigenvalue weighted by atomic mass is 9.61. The van der Waals surface area contributed by atoms with E-state index in [1.54, 1.807) is 0 Å². The zero-order valence-corrected chi connectivity index (χ0v) is 15.4. The van der Waals surface area contributed by atoms with E-state index in [0.29, 0.717) is 5.92 Å². The van der Waals surface area contributed by atoms with Gasteiger partial charge in [-0.2, -0.15) is 0 Å². The molecule has 0 aliphatic heterocycles. The minimum absolute atomic E-state index is 0.0197. The highest BCUT2D eigenvalue weighted by Crippen LogP contribution is 2.44. The Bertz CT molecular complexity index is 542. The van der Waals surface area contributed by atoms with Crippen molar-refractivity contribution >= 4 is 34.2 Å². The lowest BCUT2D eigenvalue weighted by molar-refractivity contribution is -0.127. The molecule has 0 aromatic heterocycles. The molecule has 0 spiro atoms. The van der Waals surface area contributed by atoms with Crippen LogP contribution in [-0.4, -0.2) is 11.9 Å². The van der Waals surface area contributed by atoms with E-state index in [2.05, 4.69) is 55.6 Å². The fourth-order valence-corrected chi connectivity index (χ4v) is 3.73. The molecule has 1 amide bonds. The first-order valence-corrected chi connectivity index (χ1v) is 8.64. The first-order valence-electron chi connectivity index (χ1n) is 7.56. The van der Waals surface area contributed by atoms with Gasteiger partial charge in [0.15, 0.2) is 0 Å². The topological polar surface area (TPSA) is 55.1 Å². The summed E-state index contributed by atoms with van der Waals surface area (Å²) in [6, 6.07) is 6.24. The number of amides is 1. The van der Waals surface area contributed by atoms with Crippen molar-refractivity contribution in [3.05, 3.63) is 27.3 Å². The van der Waals surface area contributed by atoms with Crippen molar-refractivity contribution in [1.82, 2.24) is 0 Å². The number of nitrogens with one attached hydrogen (secondary N) is 1. The molecule has 1 aliphatic rings. The summed E-state index contributed by atoms with van der Waals surface area (Å²) < 4.78 is 1.17. The summed E-state index contributed by atoms with van der Waals surface area (Å²) in [7, 11) is 0. The van der Waals surface area contributed by atoms with Gasteiger partial charge in [-0.15, -0.1) is 0 Å². The summed E-state index contributed by atoms with van der Waals surface area (Å²) >= 11 is 2.30. The molecule has 4 heteroatoms. The van der Waals surface area contributed by atoms with E-state index in [9.17, 15) is 4.79 Å². The van der Waals surface area contributed by atoms with E-state index < -0.39 is 0 Å². The summed E-state index contributed by atoms with van der Waals surface area (Å²) in [6.07, 6.45) is 1.79. The predicted molar refractivity (Wildman–Crippen MR) is 96.2 cm³/mol. The average Bonchev–Trinajstić information content (AvgIpc) is 2.40. The van der Waals surface area contributed by atoms with Gasteiger partial charge >= 0.3 is 0 Å². The highest BCUT2D eigenvalue weighted by atomic mass is 127. The summed E-state index contributed by atoms with van der Waals surface area (Å²) in [6.45, 7) is 8.57. The third kappa shape index (κ3) is 3.42. The number of hydrogen-bond acceptors (Lipinski definition) is 2. The van der Waals surface area contributed by atoms with Crippen LogP contribution in [0.15, 0.2) is 18.2 Å². The second-order valence-electron chi connectivity index (χ2n) is 6.86. The van der Waals surface area contributed by atoms with Gasteiger partial charge in [-0.3, -0.25) is 4.79 Å². The Balaban J connectivity index is 2.14. The zero-order valence-electron chi connectivity index (χ0n) is 13.2. The van der Waals surface area contributed by atoms with Crippen molar-refractivity contribution in [2.45, 2.75) is 46.6 Å². The van der Waals surface area contributed by atoms with E-state index in [1.807, 2.05) is 18.2 Å². The van der Waals surface area contributed by atoms with Gasteiger partial charge in [-0.1, -0.05) is 26.8 Å². The number of hydrogen-bond donors (Lipinski definition) is 2. The van der Waals surface area contributed by atoms with Gasteiger partial charge in [0.1, 0.15) is 0 Å². The second-order valence-corrected chi connectivity index (χ2v) is 8.02. The van der Waals surface area contributed by atoms with E-state index >= 15 is 0 Å². The van der Waals surface area contributed by atoms with E-state index in [1.165, 1.54) is 9.13 Å². The highest BCUT2D eigenvalue weighted by Gasteiger charge is 2.44. The molecular weight excluding hydrogens is 375 g/mol. The molecule has 1 fully saturated rings. The molecule has 0 heterocycles. The minimum atomic E-state index is -0.0698. The van der Waals surface area contributed by atoms with Gasteiger partial charge < -0.3 is 11.1 Å². The maximum absolute atomic E-state index is 12.7. The molecule has 3 N–H and O–H groups in total. The third-order valence-corrected chi connectivity index (χ3v) is 6.42. The van der Waals surface area contributed by atoms with Crippen LogP contribution in [0.2, 0.25) is 0 Å². The third-order valence-electron chi connectivity index (χ3n) is 5.26. The van der Waals surface area contributed by atoms with Crippen LogP contribution in [0.25, 0.3) is 0 Å². The normalized spacial score (nSPS) is 28.2. The smallest absolute Gasteiger partial charge is 0.228 e. The highest BCUT2D eigenvalue weighted by molar-refractivity contribution is 14.1. The van der Waals surface area contributed by atoms with Crippen LogP contribution >= 0.6 is 22.6 Å². The first kappa shape index (κ1) is 16.7. The number of rotatable bonds is 2. The van der Waals surface area contributed by atoms with Gasteiger partial charge in [0.2, 0.25) is 5.91 Å². The number of aryl methyl sites for hydroxylation is 1. The largest absolute Gasteiger partial charge is 0.327 e. The Morgan fingerprint density at radius 2 is 2.05 bits per heavy atom. The molecule has 3 atom stereocenters. The van der Waals surface area contributed by atoms with Crippen molar-refractivity contribution in [3.8, 4) is 0 Å². The molecule has 0 radical (unpaired) electrons. The zero-order chi connectivity index (χ0) is 15.8. The fraction of sp³-hybridized carbons (Fsp3) is 0.588. The fourth-order valence-electron chi connectivity index (χ4n) is 3.22. The number of anilines is 1.